The van der Waals surface area contributed by atoms with Crippen LogP contribution >= 0.6 is 0 Å². The van der Waals surface area contributed by atoms with Crippen LogP contribution in [0.25, 0.3) is 10.8 Å². The number of carbonyl (C=O) groups excluding carboxylic acids is 2. The van der Waals surface area contributed by atoms with Crippen molar-refractivity contribution in [2.45, 2.75) is 37.4 Å². The number of fused-ring (bicyclic) bond motifs is 1. The lowest BCUT2D eigenvalue weighted by Crippen LogP contribution is -2.47. The summed E-state index contributed by atoms with van der Waals surface area (Å²) < 4.78 is 6.41. The van der Waals surface area contributed by atoms with Crippen molar-refractivity contribution >= 4 is 22.6 Å². The summed E-state index contributed by atoms with van der Waals surface area (Å²) in [6, 6.07) is 19.2. The van der Waals surface area contributed by atoms with Crippen molar-refractivity contribution in [3.8, 4) is 0 Å². The number of ether oxygens (including phenoxy) is 1. The van der Waals surface area contributed by atoms with Gasteiger partial charge in [0.2, 0.25) is 0 Å². The number of pyridine rings is 1. The Balaban J connectivity index is 1.17. The molecule has 0 aliphatic carbocycles. The van der Waals surface area contributed by atoms with Gasteiger partial charge in [-0.2, -0.15) is 0 Å². The first-order valence-corrected chi connectivity index (χ1v) is 11.3. The van der Waals surface area contributed by atoms with Crippen LogP contribution in [0.4, 0.5) is 0 Å². The quantitative estimate of drug-likeness (QED) is 0.685. The van der Waals surface area contributed by atoms with E-state index in [2.05, 4.69) is 10.3 Å². The molecule has 1 atom stereocenters. The molecule has 32 heavy (non-hydrogen) atoms. The highest BCUT2D eigenvalue weighted by Gasteiger charge is 2.43. The van der Waals surface area contributed by atoms with E-state index in [9.17, 15) is 9.59 Å². The van der Waals surface area contributed by atoms with Gasteiger partial charge >= 0.3 is 0 Å². The molecule has 0 saturated carbocycles. The molecule has 2 fully saturated rings. The van der Waals surface area contributed by atoms with Crippen molar-refractivity contribution in [2.24, 2.45) is 0 Å². The third-order valence-electron chi connectivity index (χ3n) is 6.71. The van der Waals surface area contributed by atoms with Gasteiger partial charge in [0.1, 0.15) is 5.69 Å². The highest BCUT2D eigenvalue weighted by atomic mass is 16.5. The molecule has 2 saturated heterocycles. The Bertz CT molecular complexity index is 1120. The van der Waals surface area contributed by atoms with E-state index in [1.54, 1.807) is 24.4 Å². The van der Waals surface area contributed by atoms with E-state index in [0.717, 1.165) is 42.0 Å². The van der Waals surface area contributed by atoms with E-state index < -0.39 is 0 Å². The molecule has 1 spiro atoms. The smallest absolute Gasteiger partial charge is 0.269 e. The molecule has 1 unspecified atom stereocenters. The number of piperidine rings is 1. The minimum absolute atomic E-state index is 0.00276. The van der Waals surface area contributed by atoms with Crippen molar-refractivity contribution < 1.29 is 14.3 Å². The van der Waals surface area contributed by atoms with Crippen LogP contribution in [0.1, 0.15) is 46.5 Å². The minimum atomic E-state index is -0.185. The average molecular weight is 430 g/mol. The third kappa shape index (κ3) is 4.10. The lowest BCUT2D eigenvalue weighted by molar-refractivity contribution is -0.0712. The Morgan fingerprint density at radius 2 is 1.78 bits per heavy atom. The van der Waals surface area contributed by atoms with Gasteiger partial charge in [-0.05, 0) is 54.7 Å². The number of hydrogen-bond donors (Lipinski definition) is 1. The Hall–Kier alpha value is -3.25. The number of aromatic nitrogens is 1. The number of amides is 2. The summed E-state index contributed by atoms with van der Waals surface area (Å²) in [6.07, 6.45) is 5.15. The van der Waals surface area contributed by atoms with Crippen molar-refractivity contribution in [3.63, 3.8) is 0 Å². The van der Waals surface area contributed by atoms with Crippen molar-refractivity contribution in [1.82, 2.24) is 15.2 Å². The molecule has 0 bridgehead atoms. The Morgan fingerprint density at radius 3 is 2.59 bits per heavy atom. The number of benzene rings is 2. The fourth-order valence-corrected chi connectivity index (χ4v) is 4.90. The predicted octanol–water partition coefficient (Wildman–Crippen LogP) is 3.82. The van der Waals surface area contributed by atoms with Gasteiger partial charge in [-0.1, -0.05) is 42.5 Å². The van der Waals surface area contributed by atoms with Gasteiger partial charge in [0, 0.05) is 31.4 Å². The molecule has 1 aromatic heterocycles. The second-order valence-electron chi connectivity index (χ2n) is 8.71. The van der Waals surface area contributed by atoms with Gasteiger partial charge in [0.05, 0.1) is 11.7 Å². The number of rotatable bonds is 4. The SMILES string of the molecule is O=C(NCC1CCC2(CCN(C(=O)c3cccc4ccccc34)CC2)O1)c1ccccn1. The highest BCUT2D eigenvalue weighted by Crippen LogP contribution is 2.39. The molecule has 2 aromatic carbocycles. The monoisotopic (exact) mass is 429 g/mol. The molecule has 164 valence electrons. The molecule has 6 nitrogen and oxygen atoms in total. The van der Waals surface area contributed by atoms with Gasteiger partial charge in [-0.25, -0.2) is 0 Å². The molecule has 1 N–H and O–H groups in total. The van der Waals surface area contributed by atoms with Gasteiger partial charge in [0.25, 0.3) is 11.8 Å². The van der Waals surface area contributed by atoms with E-state index in [-0.39, 0.29) is 23.5 Å². The summed E-state index contributed by atoms with van der Waals surface area (Å²) in [5, 5.41) is 5.02. The van der Waals surface area contributed by atoms with Gasteiger partial charge in [-0.15, -0.1) is 0 Å². The summed E-state index contributed by atoms with van der Waals surface area (Å²) in [6.45, 7) is 1.86. The number of hydrogen-bond acceptors (Lipinski definition) is 4. The minimum Gasteiger partial charge on any atom is -0.370 e. The maximum absolute atomic E-state index is 13.2. The van der Waals surface area contributed by atoms with Crippen molar-refractivity contribution in [1.29, 1.82) is 0 Å². The molecule has 6 heteroatoms. The van der Waals surface area contributed by atoms with Crippen molar-refractivity contribution in [2.75, 3.05) is 19.6 Å². The Morgan fingerprint density at radius 1 is 1.00 bits per heavy atom. The lowest BCUT2D eigenvalue weighted by Gasteiger charge is -2.39. The summed E-state index contributed by atoms with van der Waals surface area (Å²) in [5.41, 5.74) is 0.998. The summed E-state index contributed by atoms with van der Waals surface area (Å²) >= 11 is 0. The zero-order valence-electron chi connectivity index (χ0n) is 18.0. The van der Waals surface area contributed by atoms with E-state index >= 15 is 0 Å². The van der Waals surface area contributed by atoms with E-state index in [1.165, 1.54) is 0 Å². The molecule has 3 heterocycles. The maximum Gasteiger partial charge on any atom is 0.269 e. The highest BCUT2D eigenvalue weighted by molar-refractivity contribution is 6.07. The van der Waals surface area contributed by atoms with Crippen LogP contribution in [0, 0.1) is 0 Å². The molecule has 2 aliphatic rings. The summed E-state index contributed by atoms with van der Waals surface area (Å²) in [4.78, 5) is 31.5. The van der Waals surface area contributed by atoms with Crippen LogP contribution in [0.3, 0.4) is 0 Å². The fraction of sp³-hybridized carbons (Fsp3) is 0.346. The van der Waals surface area contributed by atoms with E-state index in [4.69, 9.17) is 4.74 Å². The number of nitrogens with zero attached hydrogens (tertiary/aromatic N) is 2. The van der Waals surface area contributed by atoms with Crippen molar-refractivity contribution in [3.05, 3.63) is 78.1 Å². The van der Waals surface area contributed by atoms with Crippen LogP contribution in [-0.2, 0) is 4.74 Å². The zero-order chi connectivity index (χ0) is 22.0. The normalized spacial score (nSPS) is 19.9. The van der Waals surface area contributed by atoms with Crippen LogP contribution < -0.4 is 5.32 Å². The molecule has 3 aromatic rings. The van der Waals surface area contributed by atoms with Gasteiger partial charge < -0.3 is 15.0 Å². The maximum atomic E-state index is 13.2. The second-order valence-corrected chi connectivity index (χ2v) is 8.71. The first-order valence-electron chi connectivity index (χ1n) is 11.3. The van der Waals surface area contributed by atoms with Gasteiger partial charge in [-0.3, -0.25) is 14.6 Å². The largest absolute Gasteiger partial charge is 0.370 e. The number of carbonyl (C=O) groups is 2. The molecular formula is C26H27N3O3. The molecule has 0 radical (unpaired) electrons. The first kappa shape index (κ1) is 20.6. The van der Waals surface area contributed by atoms with Crippen LogP contribution in [0.5, 0.6) is 0 Å². The lowest BCUT2D eigenvalue weighted by atomic mass is 9.88. The molecule has 2 aliphatic heterocycles. The van der Waals surface area contributed by atoms with Gasteiger partial charge in [0.15, 0.2) is 0 Å². The average Bonchev–Trinajstić information content (AvgIpc) is 3.25. The fourth-order valence-electron chi connectivity index (χ4n) is 4.90. The summed E-state index contributed by atoms with van der Waals surface area (Å²) in [7, 11) is 0. The van der Waals surface area contributed by atoms with E-state index in [0.29, 0.717) is 25.3 Å². The predicted molar refractivity (Wildman–Crippen MR) is 122 cm³/mol. The first-order chi connectivity index (χ1) is 15.6. The topological polar surface area (TPSA) is 71.5 Å². The standard InChI is InChI=1S/C26H27N3O3/c30-24(23-10-3-4-15-27-23)28-18-20-11-12-26(32-20)13-16-29(17-14-26)25(31)22-9-5-7-19-6-1-2-8-21(19)22/h1-10,15,20H,11-14,16-18H2,(H,28,30). The van der Waals surface area contributed by atoms with Crippen LogP contribution in [0.15, 0.2) is 66.9 Å². The molecular weight excluding hydrogens is 402 g/mol. The second kappa shape index (κ2) is 8.71. The van der Waals surface area contributed by atoms with Crippen LogP contribution in [0.2, 0.25) is 0 Å². The Labute approximate surface area is 187 Å². The Kier molecular flexibility index (Phi) is 5.62. The number of nitrogens with one attached hydrogen (secondary N) is 1. The third-order valence-corrected chi connectivity index (χ3v) is 6.71. The molecule has 2 amide bonds. The zero-order valence-corrected chi connectivity index (χ0v) is 18.0. The summed E-state index contributed by atoms with van der Waals surface area (Å²) in [5.74, 6) is -0.0838. The number of likely N-dealkylation sites (tertiary alicyclic amines) is 1. The van der Waals surface area contributed by atoms with Crippen LogP contribution in [-0.4, -0.2) is 53.0 Å². The van der Waals surface area contributed by atoms with E-state index in [1.807, 2.05) is 47.4 Å². The molecule has 5 rings (SSSR count).